The number of anilines is 3. The maximum atomic E-state index is 12.5. The van der Waals surface area contributed by atoms with Crippen LogP contribution in [0.3, 0.4) is 0 Å². The molecule has 3 rings (SSSR count). The number of halogens is 1. The molecule has 0 radical (unpaired) electrons. The molecular weight excluding hydrogens is 470 g/mol. The molecule has 0 saturated heterocycles. The number of hydrogen-bond donors (Lipinski definition) is 3. The van der Waals surface area contributed by atoms with E-state index >= 15 is 0 Å². The molecule has 33 heavy (non-hydrogen) atoms. The van der Waals surface area contributed by atoms with Gasteiger partial charge in [-0.2, -0.15) is 0 Å². The Labute approximate surface area is 196 Å². The average Bonchev–Trinajstić information content (AvgIpc) is 3.11. The first-order chi connectivity index (χ1) is 15.2. The third-order valence-electron chi connectivity index (χ3n) is 5.18. The van der Waals surface area contributed by atoms with Gasteiger partial charge in [0.05, 0.1) is 10.7 Å². The van der Waals surface area contributed by atoms with Crippen LogP contribution < -0.4 is 21.5 Å². The highest BCUT2D eigenvalue weighted by atomic mass is 35.5. The van der Waals surface area contributed by atoms with Gasteiger partial charge in [-0.15, -0.1) is 0 Å². The van der Waals surface area contributed by atoms with Crippen molar-refractivity contribution in [3.05, 3.63) is 61.3 Å². The lowest BCUT2D eigenvalue weighted by Crippen LogP contribution is -2.39. The van der Waals surface area contributed by atoms with Crippen molar-refractivity contribution in [1.82, 2.24) is 4.31 Å². The third-order valence-corrected chi connectivity index (χ3v) is 7.50. The lowest BCUT2D eigenvalue weighted by Gasteiger charge is -2.26. The Morgan fingerprint density at radius 2 is 1.73 bits per heavy atom. The van der Waals surface area contributed by atoms with Crippen molar-refractivity contribution >= 4 is 38.7 Å². The van der Waals surface area contributed by atoms with Crippen LogP contribution >= 0.6 is 11.6 Å². The number of aromatic hydroxyl groups is 1. The van der Waals surface area contributed by atoms with E-state index in [1.54, 1.807) is 0 Å². The second-order valence-corrected chi connectivity index (χ2v) is 11.3. The monoisotopic (exact) mass is 495 g/mol. The number of rotatable bonds is 9. The summed E-state index contributed by atoms with van der Waals surface area (Å²) in [5.74, 6) is 0.966. The number of furan rings is 1. The molecule has 0 fully saturated rings. The van der Waals surface area contributed by atoms with Gasteiger partial charge in [0, 0.05) is 27.1 Å². The van der Waals surface area contributed by atoms with Gasteiger partial charge in [0.15, 0.2) is 5.75 Å². The fourth-order valence-electron chi connectivity index (χ4n) is 3.33. The van der Waals surface area contributed by atoms with Gasteiger partial charge in [-0.1, -0.05) is 25.4 Å². The maximum Gasteiger partial charge on any atom is 0.253 e. The summed E-state index contributed by atoms with van der Waals surface area (Å²) in [7, 11) is -1.46. The summed E-state index contributed by atoms with van der Waals surface area (Å²) in [4.78, 5) is 23.9. The number of nitrogens with zero attached hydrogens (tertiary/aromatic N) is 1. The molecule has 0 unspecified atom stereocenters. The molecule has 1 aromatic heterocycles. The summed E-state index contributed by atoms with van der Waals surface area (Å²) < 4.78 is 31.6. The summed E-state index contributed by atoms with van der Waals surface area (Å²) in [6, 6.07) is 6.38. The van der Waals surface area contributed by atoms with Crippen molar-refractivity contribution in [1.29, 1.82) is 0 Å². The van der Waals surface area contributed by atoms with Crippen LogP contribution in [0.5, 0.6) is 5.75 Å². The van der Waals surface area contributed by atoms with Crippen LogP contribution in [-0.2, 0) is 16.4 Å². The lowest BCUT2D eigenvalue weighted by atomic mass is 9.88. The zero-order valence-corrected chi connectivity index (χ0v) is 20.5. The number of aryl methyl sites for hydroxylation is 1. The molecule has 0 aliphatic rings. The van der Waals surface area contributed by atoms with E-state index in [0.717, 1.165) is 15.8 Å². The minimum atomic E-state index is -4.06. The molecule has 0 aliphatic heterocycles. The normalized spacial score (nSPS) is 12.5. The second kappa shape index (κ2) is 8.85. The number of phenolic OH excluding ortho intramolecular Hbond substituents is 1. The number of hydrogen-bond acceptors (Lipinski definition) is 8. The van der Waals surface area contributed by atoms with Crippen molar-refractivity contribution in [3.63, 3.8) is 0 Å². The van der Waals surface area contributed by atoms with Crippen LogP contribution in [-0.4, -0.2) is 38.5 Å². The van der Waals surface area contributed by atoms with Crippen LogP contribution in [0.1, 0.15) is 25.4 Å². The van der Waals surface area contributed by atoms with Crippen LogP contribution in [0, 0.1) is 12.3 Å². The fraction of sp³-hybridized carbons (Fsp3) is 0.364. The Hall–Kier alpha value is -2.82. The molecule has 2 aromatic carbocycles. The molecule has 0 spiro atoms. The zero-order valence-electron chi connectivity index (χ0n) is 18.9. The van der Waals surface area contributed by atoms with Crippen LogP contribution in [0.15, 0.2) is 43.2 Å². The molecule has 3 aromatic rings. The van der Waals surface area contributed by atoms with E-state index in [4.69, 9.17) is 16.0 Å². The van der Waals surface area contributed by atoms with E-state index in [0.29, 0.717) is 13.0 Å². The molecule has 0 atom stereocenters. The maximum absolute atomic E-state index is 12.5. The average molecular weight is 496 g/mol. The molecular formula is C22H26ClN3O6S. The SMILES string of the molecule is Cc1ccc(CC(C)(C)CNc2c(Nc3ccc(Cl)c(S(=O)(=O)N(C)C)c3O)c(=O)c2=O)o1. The van der Waals surface area contributed by atoms with E-state index in [2.05, 4.69) is 10.6 Å². The summed E-state index contributed by atoms with van der Waals surface area (Å²) >= 11 is 6.02. The minimum Gasteiger partial charge on any atom is -0.504 e. The fourth-order valence-corrected chi connectivity index (χ4v) is 4.81. The largest absolute Gasteiger partial charge is 0.504 e. The molecule has 11 heteroatoms. The number of benzene rings is 1. The van der Waals surface area contributed by atoms with Crippen LogP contribution in [0.2, 0.25) is 5.02 Å². The van der Waals surface area contributed by atoms with Crippen LogP contribution in [0.4, 0.5) is 17.1 Å². The molecule has 1 heterocycles. The Balaban J connectivity index is 1.84. The van der Waals surface area contributed by atoms with Gasteiger partial charge < -0.3 is 20.2 Å². The topological polar surface area (TPSA) is 129 Å². The second-order valence-electron chi connectivity index (χ2n) is 8.80. The van der Waals surface area contributed by atoms with E-state index < -0.39 is 31.5 Å². The standard InChI is InChI=1S/C22H26ClN3O6S/c1-12-6-7-13(32-12)10-22(2,3)11-24-16-17(20(29)19(16)28)25-15-9-8-14(23)21(18(15)27)33(30,31)26(4)5/h6-9,24-25,27H,10-11H2,1-5H3. The zero-order chi connectivity index (χ0) is 24.7. The van der Waals surface area contributed by atoms with Crippen molar-refractivity contribution in [3.8, 4) is 5.75 Å². The third kappa shape index (κ3) is 4.92. The highest BCUT2D eigenvalue weighted by Crippen LogP contribution is 2.39. The highest BCUT2D eigenvalue weighted by molar-refractivity contribution is 7.89. The molecule has 0 bridgehead atoms. The van der Waals surface area contributed by atoms with E-state index in [1.807, 2.05) is 32.9 Å². The van der Waals surface area contributed by atoms with Gasteiger partial charge in [-0.25, -0.2) is 12.7 Å². The summed E-state index contributed by atoms with van der Waals surface area (Å²) in [6.07, 6.45) is 0.607. The first-order valence-electron chi connectivity index (χ1n) is 10.1. The molecule has 178 valence electrons. The van der Waals surface area contributed by atoms with Crippen molar-refractivity contribution in [2.45, 2.75) is 32.1 Å². The predicted octanol–water partition coefficient (Wildman–Crippen LogP) is 3.22. The Kier molecular flexibility index (Phi) is 6.65. The Bertz CT molecular complexity index is 1370. The number of sulfonamides is 1. The smallest absolute Gasteiger partial charge is 0.253 e. The molecule has 0 aliphatic carbocycles. The van der Waals surface area contributed by atoms with Crippen LogP contribution in [0.25, 0.3) is 0 Å². The molecule has 9 nitrogen and oxygen atoms in total. The first kappa shape index (κ1) is 24.8. The predicted molar refractivity (Wildman–Crippen MR) is 128 cm³/mol. The van der Waals surface area contributed by atoms with E-state index in [1.165, 1.54) is 26.2 Å². The van der Waals surface area contributed by atoms with Gasteiger partial charge in [-0.05, 0) is 36.6 Å². The Morgan fingerprint density at radius 3 is 2.30 bits per heavy atom. The van der Waals surface area contributed by atoms with Crippen molar-refractivity contribution in [2.75, 3.05) is 31.3 Å². The number of phenols is 1. The Morgan fingerprint density at radius 1 is 1.09 bits per heavy atom. The summed E-state index contributed by atoms with van der Waals surface area (Å²) in [5, 5.41) is 16.1. The first-order valence-corrected chi connectivity index (χ1v) is 11.9. The van der Waals surface area contributed by atoms with Gasteiger partial charge >= 0.3 is 0 Å². The van der Waals surface area contributed by atoms with E-state index in [9.17, 15) is 23.1 Å². The lowest BCUT2D eigenvalue weighted by molar-refractivity contribution is 0.343. The summed E-state index contributed by atoms with van der Waals surface area (Å²) in [5.41, 5.74) is -1.85. The van der Waals surface area contributed by atoms with Crippen molar-refractivity contribution in [2.24, 2.45) is 5.41 Å². The van der Waals surface area contributed by atoms with Gasteiger partial charge in [0.25, 0.3) is 10.9 Å². The quantitative estimate of drug-likeness (QED) is 0.305. The van der Waals surface area contributed by atoms with Gasteiger partial charge in [-0.3, -0.25) is 9.59 Å². The molecule has 0 saturated carbocycles. The van der Waals surface area contributed by atoms with Crippen molar-refractivity contribution < 1.29 is 17.9 Å². The minimum absolute atomic E-state index is 0.0598. The number of nitrogens with one attached hydrogen (secondary N) is 2. The van der Waals surface area contributed by atoms with E-state index in [-0.39, 0.29) is 27.5 Å². The highest BCUT2D eigenvalue weighted by Gasteiger charge is 2.29. The molecule has 0 amide bonds. The van der Waals surface area contributed by atoms with Gasteiger partial charge in [0.2, 0.25) is 10.0 Å². The van der Waals surface area contributed by atoms with Gasteiger partial charge in [0.1, 0.15) is 27.8 Å². The summed E-state index contributed by atoms with van der Waals surface area (Å²) in [6.45, 7) is 6.19. The molecule has 3 N–H and O–H groups in total.